The molecule has 1 aromatic carbocycles. The van der Waals surface area contributed by atoms with Crippen molar-refractivity contribution in [3.63, 3.8) is 0 Å². The Labute approximate surface area is 137 Å². The van der Waals surface area contributed by atoms with Crippen molar-refractivity contribution >= 4 is 24.0 Å². The van der Waals surface area contributed by atoms with E-state index in [1.807, 2.05) is 0 Å². The zero-order valence-corrected chi connectivity index (χ0v) is 14.0. The molecule has 6 nitrogen and oxygen atoms in total. The molecule has 1 atom stereocenters. The number of amides is 1. The molecule has 2 N–H and O–H groups in total. The third-order valence-electron chi connectivity index (χ3n) is 3.56. The van der Waals surface area contributed by atoms with Crippen molar-refractivity contribution < 1.29 is 9.72 Å². The second-order valence-electron chi connectivity index (χ2n) is 5.62. The molecule has 0 aliphatic heterocycles. The molecule has 0 saturated carbocycles. The van der Waals surface area contributed by atoms with Gasteiger partial charge in [-0.25, -0.2) is 0 Å². The average molecular weight is 330 g/mol. The van der Waals surface area contributed by atoms with Gasteiger partial charge in [-0.05, 0) is 17.9 Å². The molecule has 1 aromatic rings. The number of hydrogen-bond acceptors (Lipinski definition) is 4. The van der Waals surface area contributed by atoms with Gasteiger partial charge in [0.05, 0.1) is 11.3 Å². The molecule has 22 heavy (non-hydrogen) atoms. The summed E-state index contributed by atoms with van der Waals surface area (Å²) in [4.78, 5) is 24.0. The van der Waals surface area contributed by atoms with Crippen LogP contribution in [0.4, 0.5) is 5.69 Å². The Hall–Kier alpha value is -1.66. The number of nitro groups is 1. The molecule has 7 heteroatoms. The van der Waals surface area contributed by atoms with Crippen molar-refractivity contribution in [2.24, 2.45) is 11.7 Å². The quantitative estimate of drug-likeness (QED) is 0.614. The van der Waals surface area contributed by atoms with E-state index in [1.165, 1.54) is 12.1 Å². The molecule has 1 unspecified atom stereocenters. The number of benzene rings is 1. The van der Waals surface area contributed by atoms with E-state index in [9.17, 15) is 14.9 Å². The number of rotatable bonds is 7. The lowest BCUT2D eigenvalue weighted by Crippen LogP contribution is -2.35. The molecular weight excluding hydrogens is 306 g/mol. The summed E-state index contributed by atoms with van der Waals surface area (Å²) in [5.41, 5.74) is 6.61. The molecule has 0 aliphatic rings. The van der Waals surface area contributed by atoms with Gasteiger partial charge in [0.15, 0.2) is 0 Å². The number of hydrogen-bond donors (Lipinski definition) is 1. The van der Waals surface area contributed by atoms with Crippen LogP contribution >= 0.6 is 12.4 Å². The van der Waals surface area contributed by atoms with Gasteiger partial charge in [-0.2, -0.15) is 0 Å². The zero-order chi connectivity index (χ0) is 16.0. The van der Waals surface area contributed by atoms with Crippen LogP contribution in [0.2, 0.25) is 0 Å². The third-order valence-corrected chi connectivity index (χ3v) is 3.56. The molecular formula is C15H24ClN3O3. The van der Waals surface area contributed by atoms with E-state index < -0.39 is 4.92 Å². The Kier molecular flexibility index (Phi) is 8.67. The van der Waals surface area contributed by atoms with Crippen molar-refractivity contribution in [1.82, 2.24) is 4.90 Å². The Balaban J connectivity index is 0.00000441. The Morgan fingerprint density at radius 1 is 1.41 bits per heavy atom. The Bertz CT molecular complexity index is 509. The molecule has 0 aromatic heterocycles. The van der Waals surface area contributed by atoms with Crippen LogP contribution in [-0.2, 0) is 11.2 Å². The van der Waals surface area contributed by atoms with Gasteiger partial charge in [0.1, 0.15) is 0 Å². The molecule has 124 valence electrons. The number of carbonyl (C=O) groups excluding carboxylic acids is 1. The lowest BCUT2D eigenvalue weighted by Gasteiger charge is -2.21. The first-order valence-electron chi connectivity index (χ1n) is 7.04. The van der Waals surface area contributed by atoms with Crippen LogP contribution in [-0.4, -0.2) is 35.4 Å². The van der Waals surface area contributed by atoms with Crippen LogP contribution < -0.4 is 5.73 Å². The maximum Gasteiger partial charge on any atom is 0.269 e. The third kappa shape index (κ3) is 6.41. The van der Waals surface area contributed by atoms with Crippen molar-refractivity contribution in [3.05, 3.63) is 39.9 Å². The average Bonchev–Trinajstić information content (AvgIpc) is 2.44. The number of carbonyl (C=O) groups is 1. The number of nitrogens with zero attached hydrogens (tertiary/aromatic N) is 2. The first-order valence-corrected chi connectivity index (χ1v) is 7.04. The minimum atomic E-state index is -0.459. The Morgan fingerprint density at radius 2 is 2.05 bits per heavy atom. The van der Waals surface area contributed by atoms with Crippen LogP contribution in [0.3, 0.4) is 0 Å². The molecule has 0 saturated heterocycles. The van der Waals surface area contributed by atoms with Crippen molar-refractivity contribution in [2.75, 3.05) is 13.6 Å². The molecule has 0 radical (unpaired) electrons. The van der Waals surface area contributed by atoms with Gasteiger partial charge in [-0.3, -0.25) is 14.9 Å². The summed E-state index contributed by atoms with van der Waals surface area (Å²) < 4.78 is 0. The van der Waals surface area contributed by atoms with E-state index >= 15 is 0 Å². The standard InChI is InChI=1S/C15H23N3O3.ClH/c1-11(2)14(16)7-8-17(3)15(19)10-12-5-4-6-13(9-12)18(20)21;/h4-6,9,11,14H,7-8,10,16H2,1-3H3;1H. The van der Waals surface area contributed by atoms with Crippen LogP contribution in [0.25, 0.3) is 0 Å². The monoisotopic (exact) mass is 329 g/mol. The summed E-state index contributed by atoms with van der Waals surface area (Å²) >= 11 is 0. The first kappa shape index (κ1) is 20.3. The summed E-state index contributed by atoms with van der Waals surface area (Å²) in [5, 5.41) is 10.7. The number of likely N-dealkylation sites (N-methyl/N-ethyl adjacent to an activating group) is 1. The van der Waals surface area contributed by atoms with Crippen LogP contribution in [0.5, 0.6) is 0 Å². The maximum absolute atomic E-state index is 12.1. The van der Waals surface area contributed by atoms with Gasteiger partial charge < -0.3 is 10.6 Å². The highest BCUT2D eigenvalue weighted by Crippen LogP contribution is 2.14. The number of non-ortho nitro benzene ring substituents is 1. The van der Waals surface area contributed by atoms with E-state index in [1.54, 1.807) is 24.1 Å². The van der Waals surface area contributed by atoms with Crippen molar-refractivity contribution in [3.8, 4) is 0 Å². The molecule has 0 fully saturated rings. The van der Waals surface area contributed by atoms with Gasteiger partial charge in [0.25, 0.3) is 5.69 Å². The normalized spacial score (nSPS) is 11.7. The molecule has 0 heterocycles. The van der Waals surface area contributed by atoms with Gasteiger partial charge in [-0.15, -0.1) is 12.4 Å². The van der Waals surface area contributed by atoms with Gasteiger partial charge in [-0.1, -0.05) is 26.0 Å². The predicted octanol–water partition coefficient (Wildman–Crippen LogP) is 2.39. The second-order valence-corrected chi connectivity index (χ2v) is 5.62. The number of nitro benzene ring substituents is 1. The molecule has 0 spiro atoms. The van der Waals surface area contributed by atoms with Gasteiger partial charge >= 0.3 is 0 Å². The number of halogens is 1. The lowest BCUT2D eigenvalue weighted by atomic mass is 10.0. The lowest BCUT2D eigenvalue weighted by molar-refractivity contribution is -0.384. The fraction of sp³-hybridized carbons (Fsp3) is 0.533. The van der Waals surface area contributed by atoms with E-state index in [0.29, 0.717) is 18.0 Å². The summed E-state index contributed by atoms with van der Waals surface area (Å²) in [6.45, 7) is 4.69. The van der Waals surface area contributed by atoms with E-state index in [-0.39, 0.29) is 36.5 Å². The second kappa shape index (κ2) is 9.38. The van der Waals surface area contributed by atoms with E-state index in [2.05, 4.69) is 13.8 Å². The van der Waals surface area contributed by atoms with Crippen molar-refractivity contribution in [2.45, 2.75) is 32.7 Å². The van der Waals surface area contributed by atoms with Crippen LogP contribution in [0.15, 0.2) is 24.3 Å². The summed E-state index contributed by atoms with van der Waals surface area (Å²) in [6.07, 6.45) is 0.907. The molecule has 0 bridgehead atoms. The van der Waals surface area contributed by atoms with Crippen LogP contribution in [0.1, 0.15) is 25.8 Å². The van der Waals surface area contributed by atoms with Gasteiger partial charge in [0, 0.05) is 31.8 Å². The van der Waals surface area contributed by atoms with E-state index in [4.69, 9.17) is 5.73 Å². The summed E-state index contributed by atoms with van der Waals surface area (Å²) in [5.74, 6) is 0.316. The zero-order valence-electron chi connectivity index (χ0n) is 13.2. The SMILES string of the molecule is CC(C)C(N)CCN(C)C(=O)Cc1cccc([N+](=O)[O-])c1.Cl. The van der Waals surface area contributed by atoms with Crippen molar-refractivity contribution in [1.29, 1.82) is 0 Å². The van der Waals surface area contributed by atoms with E-state index in [0.717, 1.165) is 6.42 Å². The van der Waals surface area contributed by atoms with Crippen LogP contribution in [0, 0.1) is 16.0 Å². The topological polar surface area (TPSA) is 89.5 Å². The number of nitrogens with two attached hydrogens (primary N) is 1. The Morgan fingerprint density at radius 3 is 2.59 bits per heavy atom. The highest BCUT2D eigenvalue weighted by Gasteiger charge is 2.14. The maximum atomic E-state index is 12.1. The highest BCUT2D eigenvalue weighted by molar-refractivity contribution is 5.85. The fourth-order valence-electron chi connectivity index (χ4n) is 1.89. The minimum Gasteiger partial charge on any atom is -0.345 e. The molecule has 1 amide bonds. The molecule has 0 aliphatic carbocycles. The largest absolute Gasteiger partial charge is 0.345 e. The predicted molar refractivity (Wildman–Crippen MR) is 89.1 cm³/mol. The minimum absolute atomic E-state index is 0. The fourth-order valence-corrected chi connectivity index (χ4v) is 1.89. The first-order chi connectivity index (χ1) is 9.81. The molecule has 1 rings (SSSR count). The summed E-state index contributed by atoms with van der Waals surface area (Å²) in [7, 11) is 1.73. The highest BCUT2D eigenvalue weighted by atomic mass is 35.5. The smallest absolute Gasteiger partial charge is 0.269 e. The summed E-state index contributed by atoms with van der Waals surface area (Å²) in [6, 6.07) is 6.23. The van der Waals surface area contributed by atoms with Gasteiger partial charge in [0.2, 0.25) is 5.91 Å².